The number of rotatable bonds is 6. The first-order chi connectivity index (χ1) is 12.6. The smallest absolute Gasteiger partial charge is 0.254 e. The van der Waals surface area contributed by atoms with Gasteiger partial charge < -0.3 is 5.32 Å². The molecule has 2 aromatic carbocycles. The monoisotopic (exact) mass is 351 g/mol. The van der Waals surface area contributed by atoms with Gasteiger partial charge in [-0.15, -0.1) is 0 Å². The minimum absolute atomic E-state index is 0.127. The van der Waals surface area contributed by atoms with Crippen LogP contribution in [0.2, 0.25) is 0 Å². The van der Waals surface area contributed by atoms with E-state index in [1.165, 1.54) is 23.0 Å². The fourth-order valence-corrected chi connectivity index (χ4v) is 2.56. The third-order valence-corrected chi connectivity index (χ3v) is 3.92. The zero-order valence-corrected chi connectivity index (χ0v) is 14.1. The zero-order chi connectivity index (χ0) is 18.4. The average molecular weight is 351 g/mol. The van der Waals surface area contributed by atoms with E-state index < -0.39 is 11.4 Å². The molecule has 0 aliphatic rings. The highest BCUT2D eigenvalue weighted by molar-refractivity contribution is 5.75. The number of aromatic nitrogens is 2. The van der Waals surface area contributed by atoms with E-state index in [1.807, 2.05) is 30.3 Å². The van der Waals surface area contributed by atoms with Gasteiger partial charge in [-0.25, -0.2) is 9.37 Å². The summed E-state index contributed by atoms with van der Waals surface area (Å²) in [7, 11) is 0. The summed E-state index contributed by atoms with van der Waals surface area (Å²) in [6.07, 6.45) is 1.98. The zero-order valence-electron chi connectivity index (χ0n) is 14.1. The van der Waals surface area contributed by atoms with E-state index in [0.29, 0.717) is 13.0 Å². The van der Waals surface area contributed by atoms with E-state index in [1.54, 1.807) is 18.2 Å². The van der Waals surface area contributed by atoms with Crippen LogP contribution in [0.1, 0.15) is 5.56 Å². The van der Waals surface area contributed by atoms with E-state index in [0.717, 1.165) is 5.56 Å². The Morgan fingerprint density at radius 3 is 2.54 bits per heavy atom. The van der Waals surface area contributed by atoms with Crippen LogP contribution in [-0.4, -0.2) is 22.0 Å². The maximum absolute atomic E-state index is 13.8. The first-order valence-electron chi connectivity index (χ1n) is 8.25. The molecule has 6 heteroatoms. The Hall–Kier alpha value is -3.28. The standard InChI is InChI=1S/C20H18FN3O2/c21-17-9-5-4-8-16(17)18-12-20(26)24(14-23-18)13-19(25)22-11-10-15-6-2-1-3-7-15/h1-9,12,14H,10-11,13H2,(H,22,25). The summed E-state index contributed by atoms with van der Waals surface area (Å²) >= 11 is 0. The minimum Gasteiger partial charge on any atom is -0.354 e. The molecule has 0 unspecified atom stereocenters. The van der Waals surface area contributed by atoms with Gasteiger partial charge >= 0.3 is 0 Å². The van der Waals surface area contributed by atoms with Crippen LogP contribution >= 0.6 is 0 Å². The van der Waals surface area contributed by atoms with Crippen LogP contribution in [0.4, 0.5) is 4.39 Å². The Kier molecular flexibility index (Phi) is 5.53. The molecule has 0 fully saturated rings. The van der Waals surface area contributed by atoms with Gasteiger partial charge in [-0.1, -0.05) is 42.5 Å². The normalized spacial score (nSPS) is 10.5. The van der Waals surface area contributed by atoms with Crippen LogP contribution in [0.5, 0.6) is 0 Å². The number of nitrogens with zero attached hydrogens (tertiary/aromatic N) is 2. The summed E-state index contributed by atoms with van der Waals surface area (Å²) in [6, 6.07) is 17.1. The maximum Gasteiger partial charge on any atom is 0.254 e. The van der Waals surface area contributed by atoms with E-state index in [9.17, 15) is 14.0 Å². The summed E-state index contributed by atoms with van der Waals surface area (Å²) in [5.41, 5.74) is 1.22. The van der Waals surface area contributed by atoms with Crippen molar-refractivity contribution < 1.29 is 9.18 Å². The number of carbonyl (C=O) groups excluding carboxylic acids is 1. The Bertz CT molecular complexity index is 955. The lowest BCUT2D eigenvalue weighted by Crippen LogP contribution is -2.33. The van der Waals surface area contributed by atoms with Gasteiger partial charge in [-0.2, -0.15) is 0 Å². The number of amides is 1. The molecule has 0 saturated heterocycles. The van der Waals surface area contributed by atoms with Crippen molar-refractivity contribution in [1.29, 1.82) is 0 Å². The molecular weight excluding hydrogens is 333 g/mol. The Morgan fingerprint density at radius 2 is 1.81 bits per heavy atom. The lowest BCUT2D eigenvalue weighted by molar-refractivity contribution is -0.121. The third-order valence-electron chi connectivity index (χ3n) is 3.92. The van der Waals surface area contributed by atoms with E-state index >= 15 is 0 Å². The SMILES string of the molecule is O=C(Cn1cnc(-c2ccccc2F)cc1=O)NCCc1ccccc1. The van der Waals surface area contributed by atoms with Gasteiger partial charge in [0.05, 0.1) is 12.0 Å². The summed E-state index contributed by atoms with van der Waals surface area (Å²) in [5.74, 6) is -0.723. The molecule has 0 atom stereocenters. The molecule has 1 amide bonds. The number of carbonyl (C=O) groups is 1. The molecule has 0 spiro atoms. The van der Waals surface area contributed by atoms with Crippen LogP contribution in [0, 0.1) is 5.82 Å². The number of benzene rings is 2. The van der Waals surface area contributed by atoms with E-state index in [-0.39, 0.29) is 23.7 Å². The highest BCUT2D eigenvalue weighted by Gasteiger charge is 2.09. The van der Waals surface area contributed by atoms with Crippen molar-refractivity contribution >= 4 is 5.91 Å². The summed E-state index contributed by atoms with van der Waals surface area (Å²) in [6.45, 7) is 0.358. The molecule has 3 aromatic rings. The number of halogens is 1. The molecule has 1 aromatic heterocycles. The molecular formula is C20H18FN3O2. The van der Waals surface area contributed by atoms with Crippen LogP contribution in [0.3, 0.4) is 0 Å². The maximum atomic E-state index is 13.8. The quantitative estimate of drug-likeness (QED) is 0.742. The highest BCUT2D eigenvalue weighted by atomic mass is 19.1. The summed E-state index contributed by atoms with van der Waals surface area (Å²) < 4.78 is 15.0. The van der Waals surface area contributed by atoms with Gasteiger partial charge in [0.1, 0.15) is 12.4 Å². The Labute approximate surface area is 150 Å². The van der Waals surface area contributed by atoms with Crippen LogP contribution in [-0.2, 0) is 17.8 Å². The molecule has 132 valence electrons. The molecule has 0 bridgehead atoms. The second-order valence-corrected chi connectivity index (χ2v) is 5.81. The topological polar surface area (TPSA) is 64.0 Å². The van der Waals surface area contributed by atoms with Crippen LogP contribution in [0.15, 0.2) is 71.8 Å². The summed E-state index contributed by atoms with van der Waals surface area (Å²) in [4.78, 5) is 28.3. The van der Waals surface area contributed by atoms with Crippen molar-refractivity contribution in [2.75, 3.05) is 6.54 Å². The van der Waals surface area contributed by atoms with Crippen molar-refractivity contribution in [3.05, 3.63) is 88.7 Å². The van der Waals surface area contributed by atoms with Crippen molar-refractivity contribution in [3.63, 3.8) is 0 Å². The average Bonchev–Trinajstić information content (AvgIpc) is 2.65. The molecule has 1 heterocycles. The van der Waals surface area contributed by atoms with Gasteiger partial charge in [0.2, 0.25) is 5.91 Å². The van der Waals surface area contributed by atoms with Crippen molar-refractivity contribution in [1.82, 2.24) is 14.9 Å². The first-order valence-corrected chi connectivity index (χ1v) is 8.25. The third kappa shape index (κ3) is 4.42. The molecule has 5 nitrogen and oxygen atoms in total. The fourth-order valence-electron chi connectivity index (χ4n) is 2.56. The van der Waals surface area contributed by atoms with Crippen molar-refractivity contribution in [2.45, 2.75) is 13.0 Å². The van der Waals surface area contributed by atoms with Crippen LogP contribution in [0.25, 0.3) is 11.3 Å². The Morgan fingerprint density at radius 1 is 1.08 bits per heavy atom. The van der Waals surface area contributed by atoms with E-state index in [4.69, 9.17) is 0 Å². The molecule has 0 radical (unpaired) electrons. The lowest BCUT2D eigenvalue weighted by atomic mass is 10.1. The molecule has 0 saturated carbocycles. The first kappa shape index (κ1) is 17.5. The fraction of sp³-hybridized carbons (Fsp3) is 0.150. The van der Waals surface area contributed by atoms with Gasteiger partial charge in [0, 0.05) is 18.2 Å². The van der Waals surface area contributed by atoms with Gasteiger partial charge in [0.25, 0.3) is 5.56 Å². The number of hydrogen-bond acceptors (Lipinski definition) is 3. The second kappa shape index (κ2) is 8.20. The van der Waals surface area contributed by atoms with Gasteiger partial charge in [-0.05, 0) is 24.1 Å². The number of hydrogen-bond donors (Lipinski definition) is 1. The van der Waals surface area contributed by atoms with Crippen LogP contribution < -0.4 is 10.9 Å². The molecule has 0 aliphatic heterocycles. The highest BCUT2D eigenvalue weighted by Crippen LogP contribution is 2.18. The lowest BCUT2D eigenvalue weighted by Gasteiger charge is -2.08. The Balaban J connectivity index is 1.60. The van der Waals surface area contributed by atoms with Gasteiger partial charge in [0.15, 0.2) is 0 Å². The number of nitrogens with one attached hydrogen (secondary N) is 1. The van der Waals surface area contributed by atoms with E-state index in [2.05, 4.69) is 10.3 Å². The van der Waals surface area contributed by atoms with Crippen molar-refractivity contribution in [2.24, 2.45) is 0 Å². The summed E-state index contributed by atoms with van der Waals surface area (Å²) in [5, 5.41) is 2.78. The predicted molar refractivity (Wildman–Crippen MR) is 97.0 cm³/mol. The largest absolute Gasteiger partial charge is 0.354 e. The molecule has 0 aliphatic carbocycles. The predicted octanol–water partition coefficient (Wildman–Crippen LogP) is 2.41. The second-order valence-electron chi connectivity index (χ2n) is 5.81. The van der Waals surface area contributed by atoms with Crippen molar-refractivity contribution in [3.8, 4) is 11.3 Å². The molecule has 26 heavy (non-hydrogen) atoms. The molecule has 1 N–H and O–H groups in total. The minimum atomic E-state index is -0.448. The molecule has 3 rings (SSSR count). The van der Waals surface area contributed by atoms with Gasteiger partial charge in [-0.3, -0.25) is 14.2 Å².